The lowest BCUT2D eigenvalue weighted by molar-refractivity contribution is -0.126. The Morgan fingerprint density at radius 1 is 1.08 bits per heavy atom. The molecule has 1 aliphatic heterocycles. The second-order valence-corrected chi connectivity index (χ2v) is 14.6. The summed E-state index contributed by atoms with van der Waals surface area (Å²) in [6.45, 7) is 1.03. The molecule has 1 N–H and O–H groups in total. The van der Waals surface area contributed by atoms with Crippen LogP contribution >= 0.6 is 11.3 Å². The molecule has 3 saturated carbocycles. The van der Waals surface area contributed by atoms with Crippen molar-refractivity contribution in [2.75, 3.05) is 29.5 Å². The van der Waals surface area contributed by atoms with Gasteiger partial charge >= 0.3 is 0 Å². The molecule has 4 fully saturated rings. The van der Waals surface area contributed by atoms with Crippen LogP contribution in [0.25, 0.3) is 10.4 Å². The molecule has 0 spiro atoms. The Morgan fingerprint density at radius 2 is 1.72 bits per heavy atom. The number of anilines is 1. The van der Waals surface area contributed by atoms with Crippen molar-refractivity contribution in [2.45, 2.75) is 75.2 Å². The molecule has 0 unspecified atom stereocenters. The maximum atomic E-state index is 13.0. The second-order valence-electron chi connectivity index (χ2n) is 11.2. The molecule has 11 heteroatoms. The molecule has 2 heterocycles. The molecular formula is C28H34F2N4O3S2. The van der Waals surface area contributed by atoms with Crippen LogP contribution in [-0.4, -0.2) is 55.4 Å². The average Bonchev–Trinajstić information content (AvgIpc) is 3.51. The number of amides is 1. The SMILES string of the molecule is N#CC1(NC(=O)C2CCCCC2)CC1.O=S1(=O)CCN(c2ccc(-c3cnc(C4CC(F)(F)C4)s3)cc2)CC1. The topological polar surface area (TPSA) is 103 Å². The first-order valence-electron chi connectivity index (χ1n) is 13.7. The fourth-order valence-electron chi connectivity index (χ4n) is 5.35. The van der Waals surface area contributed by atoms with Crippen molar-refractivity contribution in [1.82, 2.24) is 10.3 Å². The highest BCUT2D eigenvalue weighted by Gasteiger charge is 2.47. The fourth-order valence-corrected chi connectivity index (χ4v) is 7.57. The number of hydrogen-bond acceptors (Lipinski definition) is 7. The summed E-state index contributed by atoms with van der Waals surface area (Å²) < 4.78 is 49.0. The van der Waals surface area contributed by atoms with E-state index in [1.54, 1.807) is 6.20 Å². The number of carbonyl (C=O) groups is 1. The molecule has 1 amide bonds. The maximum Gasteiger partial charge on any atom is 0.249 e. The van der Waals surface area contributed by atoms with E-state index < -0.39 is 21.3 Å². The van der Waals surface area contributed by atoms with Gasteiger partial charge in [-0.2, -0.15) is 5.26 Å². The van der Waals surface area contributed by atoms with E-state index in [0.717, 1.165) is 59.7 Å². The molecule has 1 aromatic carbocycles. The van der Waals surface area contributed by atoms with Gasteiger partial charge in [0.05, 0.1) is 27.5 Å². The van der Waals surface area contributed by atoms with Gasteiger partial charge in [-0.25, -0.2) is 22.2 Å². The molecule has 1 saturated heterocycles. The zero-order chi connectivity index (χ0) is 27.7. The highest BCUT2D eigenvalue weighted by Crippen LogP contribution is 2.49. The van der Waals surface area contributed by atoms with Gasteiger partial charge < -0.3 is 10.2 Å². The van der Waals surface area contributed by atoms with Gasteiger partial charge in [-0.3, -0.25) is 4.79 Å². The Balaban J connectivity index is 0.000000186. The normalized spacial score (nSPS) is 23.5. The van der Waals surface area contributed by atoms with E-state index in [2.05, 4.69) is 21.3 Å². The summed E-state index contributed by atoms with van der Waals surface area (Å²) in [7, 11) is -2.89. The number of nitrogens with one attached hydrogen (secondary N) is 1. The number of nitriles is 1. The van der Waals surface area contributed by atoms with E-state index in [-0.39, 0.29) is 42.1 Å². The van der Waals surface area contributed by atoms with Gasteiger partial charge in [-0.1, -0.05) is 31.4 Å². The molecule has 0 atom stereocenters. The number of thiazole rings is 1. The standard InChI is InChI=1S/C17H18F2N2O2S2.C11H16N2O/c18-17(19)9-13(10-17)16-20-11-15(24-16)12-1-3-14(4-2-12)21-5-7-25(22,23)8-6-21;12-8-11(6-7-11)13-10(14)9-4-2-1-3-5-9/h1-4,11,13H,5-10H2;9H,1-7H2,(H,13,14). The molecule has 1 aromatic heterocycles. The molecule has 39 heavy (non-hydrogen) atoms. The van der Waals surface area contributed by atoms with Gasteiger partial charge in [-0.05, 0) is 43.4 Å². The van der Waals surface area contributed by atoms with Crippen molar-refractivity contribution < 1.29 is 22.0 Å². The van der Waals surface area contributed by atoms with Gasteiger partial charge in [0.25, 0.3) is 0 Å². The molecule has 210 valence electrons. The Bertz CT molecular complexity index is 1310. The van der Waals surface area contributed by atoms with Gasteiger partial charge in [-0.15, -0.1) is 11.3 Å². The zero-order valence-electron chi connectivity index (χ0n) is 21.9. The summed E-state index contributed by atoms with van der Waals surface area (Å²) in [6, 6.07) is 10.1. The summed E-state index contributed by atoms with van der Waals surface area (Å²) in [5.74, 6) is -1.97. The number of carbonyl (C=O) groups excluding carboxylic acids is 1. The Morgan fingerprint density at radius 3 is 2.28 bits per heavy atom. The monoisotopic (exact) mass is 576 g/mol. The maximum absolute atomic E-state index is 13.0. The lowest BCUT2D eigenvalue weighted by Gasteiger charge is -2.33. The molecule has 0 bridgehead atoms. The minimum Gasteiger partial charge on any atom is -0.369 e. The first-order chi connectivity index (χ1) is 18.6. The van der Waals surface area contributed by atoms with Gasteiger partial charge in [0, 0.05) is 49.7 Å². The largest absolute Gasteiger partial charge is 0.369 e. The summed E-state index contributed by atoms with van der Waals surface area (Å²) in [5.41, 5.74) is 1.53. The average molecular weight is 577 g/mol. The second kappa shape index (κ2) is 11.1. The van der Waals surface area contributed by atoms with E-state index in [1.807, 2.05) is 24.3 Å². The van der Waals surface area contributed by atoms with Crippen LogP contribution in [0.2, 0.25) is 0 Å². The van der Waals surface area contributed by atoms with Gasteiger partial charge in [0.2, 0.25) is 11.8 Å². The molecular weight excluding hydrogens is 542 g/mol. The molecule has 4 aliphatic rings. The van der Waals surface area contributed by atoms with Gasteiger partial charge in [0.15, 0.2) is 9.84 Å². The molecule has 3 aliphatic carbocycles. The summed E-state index contributed by atoms with van der Waals surface area (Å²) in [6.07, 6.45) is 8.82. The number of benzene rings is 1. The number of alkyl halides is 2. The minimum atomic E-state index is -2.89. The van der Waals surface area contributed by atoms with Crippen molar-refractivity contribution in [3.63, 3.8) is 0 Å². The molecule has 0 radical (unpaired) electrons. The van der Waals surface area contributed by atoms with Crippen LogP contribution in [0.15, 0.2) is 30.5 Å². The van der Waals surface area contributed by atoms with Crippen LogP contribution in [0.3, 0.4) is 0 Å². The first kappa shape index (κ1) is 28.0. The summed E-state index contributed by atoms with van der Waals surface area (Å²) in [4.78, 5) is 19.1. The number of aromatic nitrogens is 1. The van der Waals surface area contributed by atoms with Crippen molar-refractivity contribution in [3.05, 3.63) is 35.5 Å². The van der Waals surface area contributed by atoms with Crippen LogP contribution < -0.4 is 10.2 Å². The lowest BCUT2D eigenvalue weighted by atomic mass is 9.82. The lowest BCUT2D eigenvalue weighted by Crippen LogP contribution is -2.40. The van der Waals surface area contributed by atoms with Crippen LogP contribution in [0.4, 0.5) is 14.5 Å². The third kappa shape index (κ3) is 6.95. The molecule has 7 nitrogen and oxygen atoms in total. The van der Waals surface area contributed by atoms with E-state index in [9.17, 15) is 22.0 Å². The van der Waals surface area contributed by atoms with Crippen LogP contribution in [0, 0.1) is 17.2 Å². The predicted molar refractivity (Wildman–Crippen MR) is 148 cm³/mol. The number of halogens is 2. The third-order valence-corrected chi connectivity index (χ3v) is 10.9. The quantitative estimate of drug-likeness (QED) is 0.519. The number of sulfone groups is 1. The van der Waals surface area contributed by atoms with Crippen molar-refractivity contribution in [3.8, 4) is 16.5 Å². The van der Waals surface area contributed by atoms with Crippen LogP contribution in [0.1, 0.15) is 68.7 Å². The predicted octanol–water partition coefficient (Wildman–Crippen LogP) is 5.30. The smallest absolute Gasteiger partial charge is 0.249 e. The van der Waals surface area contributed by atoms with Crippen LogP contribution in [0.5, 0.6) is 0 Å². The van der Waals surface area contributed by atoms with Crippen molar-refractivity contribution in [2.24, 2.45) is 5.92 Å². The van der Waals surface area contributed by atoms with Gasteiger partial charge in [0.1, 0.15) is 5.54 Å². The Kier molecular flexibility index (Phi) is 7.98. The minimum absolute atomic E-state index is 0.100. The molecule has 2 aromatic rings. The Hall–Kier alpha value is -2.58. The first-order valence-corrected chi connectivity index (χ1v) is 16.3. The number of hydrogen-bond donors (Lipinski definition) is 1. The third-order valence-electron chi connectivity index (χ3n) is 8.13. The zero-order valence-corrected chi connectivity index (χ0v) is 23.5. The summed E-state index contributed by atoms with van der Waals surface area (Å²) in [5, 5.41) is 12.5. The van der Waals surface area contributed by atoms with Crippen molar-refractivity contribution >= 4 is 32.8 Å². The van der Waals surface area contributed by atoms with Crippen molar-refractivity contribution in [1.29, 1.82) is 5.26 Å². The highest BCUT2D eigenvalue weighted by molar-refractivity contribution is 7.91. The number of rotatable bonds is 5. The fraction of sp³-hybridized carbons (Fsp3) is 0.607. The van der Waals surface area contributed by atoms with E-state index in [4.69, 9.17) is 5.26 Å². The Labute approximate surface area is 232 Å². The highest BCUT2D eigenvalue weighted by atomic mass is 32.2. The summed E-state index contributed by atoms with van der Waals surface area (Å²) >= 11 is 1.47. The molecule has 6 rings (SSSR count). The number of nitrogens with zero attached hydrogens (tertiary/aromatic N) is 3. The van der Waals surface area contributed by atoms with E-state index >= 15 is 0 Å². The van der Waals surface area contributed by atoms with Crippen LogP contribution in [-0.2, 0) is 14.6 Å². The van der Waals surface area contributed by atoms with E-state index in [0.29, 0.717) is 13.1 Å². The van der Waals surface area contributed by atoms with E-state index in [1.165, 1.54) is 17.8 Å².